The molecule has 16 heavy (non-hydrogen) atoms. The van der Waals surface area contributed by atoms with E-state index in [2.05, 4.69) is 5.43 Å². The van der Waals surface area contributed by atoms with Gasteiger partial charge in [0.1, 0.15) is 5.75 Å². The fourth-order valence-electron chi connectivity index (χ4n) is 1.48. The summed E-state index contributed by atoms with van der Waals surface area (Å²) in [4.78, 5) is 11.4. The van der Waals surface area contributed by atoms with Gasteiger partial charge < -0.3 is 4.74 Å². The molecule has 0 aromatic heterocycles. The fraction of sp³-hybridized carbons (Fsp3) is 0.417. The Morgan fingerprint density at radius 2 is 2.12 bits per heavy atom. The number of amides is 1. The Bertz CT molecular complexity index is 353. The average molecular weight is 222 g/mol. The van der Waals surface area contributed by atoms with Gasteiger partial charge in [0.05, 0.1) is 0 Å². The summed E-state index contributed by atoms with van der Waals surface area (Å²) in [5.41, 5.74) is 3.20. The Kier molecular flexibility index (Phi) is 4.79. The topological polar surface area (TPSA) is 64.3 Å². The predicted octanol–water partition coefficient (Wildman–Crippen LogP) is 1.40. The zero-order valence-corrected chi connectivity index (χ0v) is 9.69. The third-order valence-electron chi connectivity index (χ3n) is 2.43. The Balaban J connectivity index is 2.81. The molecule has 1 rings (SSSR count). The minimum Gasteiger partial charge on any atom is -0.480 e. The van der Waals surface area contributed by atoms with Crippen LogP contribution in [0.25, 0.3) is 0 Å². The lowest BCUT2D eigenvalue weighted by Crippen LogP contribution is -2.41. The van der Waals surface area contributed by atoms with Gasteiger partial charge in [0.15, 0.2) is 6.10 Å². The van der Waals surface area contributed by atoms with Crippen LogP contribution in [0.5, 0.6) is 5.75 Å². The molecular formula is C12H18N2O2. The molecule has 4 nitrogen and oxygen atoms in total. The Morgan fingerprint density at radius 1 is 1.44 bits per heavy atom. The zero-order valence-electron chi connectivity index (χ0n) is 9.69. The first-order valence-corrected chi connectivity index (χ1v) is 5.47. The van der Waals surface area contributed by atoms with Crippen LogP contribution in [-0.4, -0.2) is 12.0 Å². The standard InChI is InChI=1S/C12H18N2O2/c1-3-9-7-5-6-8-11(9)16-10(4-2)12(15)14-13/h5-8,10H,3-4,13H2,1-2H3,(H,14,15). The van der Waals surface area contributed by atoms with Crippen LogP contribution in [0, 0.1) is 0 Å². The number of rotatable bonds is 5. The average Bonchev–Trinajstić information content (AvgIpc) is 2.35. The third kappa shape index (κ3) is 2.97. The minimum atomic E-state index is -0.530. The highest BCUT2D eigenvalue weighted by Gasteiger charge is 2.17. The van der Waals surface area contributed by atoms with Crippen LogP contribution in [0.2, 0.25) is 0 Å². The van der Waals surface area contributed by atoms with Crippen LogP contribution in [0.15, 0.2) is 24.3 Å². The number of hydrogen-bond acceptors (Lipinski definition) is 3. The third-order valence-corrected chi connectivity index (χ3v) is 2.43. The van der Waals surface area contributed by atoms with E-state index in [-0.39, 0.29) is 5.91 Å². The van der Waals surface area contributed by atoms with E-state index < -0.39 is 6.10 Å². The molecule has 0 saturated carbocycles. The second-order valence-electron chi connectivity index (χ2n) is 3.48. The van der Waals surface area contributed by atoms with Crippen molar-refractivity contribution in [3.8, 4) is 5.75 Å². The van der Waals surface area contributed by atoms with Crippen LogP contribution in [-0.2, 0) is 11.2 Å². The monoisotopic (exact) mass is 222 g/mol. The van der Waals surface area contributed by atoms with E-state index in [9.17, 15) is 4.79 Å². The maximum Gasteiger partial charge on any atom is 0.274 e. The van der Waals surface area contributed by atoms with E-state index in [4.69, 9.17) is 10.6 Å². The summed E-state index contributed by atoms with van der Waals surface area (Å²) >= 11 is 0. The molecular weight excluding hydrogens is 204 g/mol. The van der Waals surface area contributed by atoms with E-state index >= 15 is 0 Å². The molecule has 1 atom stereocenters. The van der Waals surface area contributed by atoms with Crippen molar-refractivity contribution >= 4 is 5.91 Å². The van der Waals surface area contributed by atoms with Crippen molar-refractivity contribution in [1.29, 1.82) is 0 Å². The van der Waals surface area contributed by atoms with E-state index in [0.29, 0.717) is 6.42 Å². The molecule has 0 radical (unpaired) electrons. The summed E-state index contributed by atoms with van der Waals surface area (Å²) in [6, 6.07) is 7.70. The highest BCUT2D eigenvalue weighted by molar-refractivity contribution is 5.80. The Morgan fingerprint density at radius 3 is 2.69 bits per heavy atom. The molecule has 1 aromatic rings. The normalized spacial score (nSPS) is 11.9. The number of hydrazine groups is 1. The van der Waals surface area contributed by atoms with Crippen LogP contribution in [0.3, 0.4) is 0 Å². The van der Waals surface area contributed by atoms with E-state index in [0.717, 1.165) is 17.7 Å². The lowest BCUT2D eigenvalue weighted by molar-refractivity contribution is -0.128. The molecule has 0 aliphatic carbocycles. The Labute approximate surface area is 95.8 Å². The number of nitrogens with one attached hydrogen (secondary N) is 1. The van der Waals surface area contributed by atoms with Gasteiger partial charge in [0.2, 0.25) is 0 Å². The first-order valence-electron chi connectivity index (χ1n) is 5.47. The quantitative estimate of drug-likeness (QED) is 0.449. The second-order valence-corrected chi connectivity index (χ2v) is 3.48. The smallest absolute Gasteiger partial charge is 0.274 e. The van der Waals surface area contributed by atoms with Gasteiger partial charge in [-0.3, -0.25) is 10.2 Å². The summed E-state index contributed by atoms with van der Waals surface area (Å²) in [6.45, 7) is 3.93. The second kappa shape index (κ2) is 6.12. The Hall–Kier alpha value is -1.55. The number of nitrogens with two attached hydrogens (primary N) is 1. The van der Waals surface area contributed by atoms with Crippen molar-refractivity contribution in [2.24, 2.45) is 5.84 Å². The number of carbonyl (C=O) groups is 1. The number of para-hydroxylation sites is 1. The number of aryl methyl sites for hydroxylation is 1. The SMILES string of the molecule is CCc1ccccc1OC(CC)C(=O)NN. The molecule has 0 heterocycles. The summed E-state index contributed by atoms with van der Waals surface area (Å²) in [6.07, 6.45) is 0.926. The van der Waals surface area contributed by atoms with Gasteiger partial charge in [-0.25, -0.2) is 5.84 Å². The molecule has 0 fully saturated rings. The highest BCUT2D eigenvalue weighted by atomic mass is 16.5. The predicted molar refractivity (Wildman–Crippen MR) is 62.9 cm³/mol. The lowest BCUT2D eigenvalue weighted by Gasteiger charge is -2.17. The number of ether oxygens (including phenoxy) is 1. The number of benzene rings is 1. The molecule has 0 saturated heterocycles. The minimum absolute atomic E-state index is 0.298. The molecule has 88 valence electrons. The molecule has 1 unspecified atom stereocenters. The maximum atomic E-state index is 11.4. The van der Waals surface area contributed by atoms with Crippen LogP contribution >= 0.6 is 0 Å². The summed E-state index contributed by atoms with van der Waals surface area (Å²) in [5.74, 6) is 5.55. The van der Waals surface area contributed by atoms with Gasteiger partial charge in [-0.2, -0.15) is 0 Å². The number of hydrogen-bond donors (Lipinski definition) is 2. The summed E-state index contributed by atoms with van der Waals surface area (Å²) in [5, 5.41) is 0. The number of carbonyl (C=O) groups excluding carboxylic acids is 1. The summed E-state index contributed by atoms with van der Waals surface area (Å²) in [7, 11) is 0. The molecule has 1 aromatic carbocycles. The first-order chi connectivity index (χ1) is 7.72. The molecule has 0 spiro atoms. The van der Waals surface area contributed by atoms with Crippen LogP contribution in [0.1, 0.15) is 25.8 Å². The molecule has 0 bridgehead atoms. The molecule has 0 aliphatic rings. The largest absolute Gasteiger partial charge is 0.480 e. The van der Waals surface area contributed by atoms with E-state index in [1.165, 1.54) is 0 Å². The van der Waals surface area contributed by atoms with Crippen LogP contribution < -0.4 is 16.0 Å². The zero-order chi connectivity index (χ0) is 12.0. The van der Waals surface area contributed by atoms with Crippen molar-refractivity contribution in [3.05, 3.63) is 29.8 Å². The van der Waals surface area contributed by atoms with Gasteiger partial charge in [-0.05, 0) is 24.5 Å². The highest BCUT2D eigenvalue weighted by Crippen LogP contribution is 2.20. The van der Waals surface area contributed by atoms with Crippen molar-refractivity contribution in [3.63, 3.8) is 0 Å². The van der Waals surface area contributed by atoms with Gasteiger partial charge in [0.25, 0.3) is 5.91 Å². The summed E-state index contributed by atoms with van der Waals surface area (Å²) < 4.78 is 5.65. The van der Waals surface area contributed by atoms with Gasteiger partial charge in [-0.15, -0.1) is 0 Å². The lowest BCUT2D eigenvalue weighted by atomic mass is 10.1. The van der Waals surface area contributed by atoms with Crippen molar-refractivity contribution in [1.82, 2.24) is 5.43 Å². The van der Waals surface area contributed by atoms with Crippen molar-refractivity contribution < 1.29 is 9.53 Å². The molecule has 3 N–H and O–H groups in total. The van der Waals surface area contributed by atoms with Crippen molar-refractivity contribution in [2.75, 3.05) is 0 Å². The first kappa shape index (κ1) is 12.5. The van der Waals surface area contributed by atoms with E-state index in [1.54, 1.807) is 0 Å². The van der Waals surface area contributed by atoms with Crippen LogP contribution in [0.4, 0.5) is 0 Å². The van der Waals surface area contributed by atoms with Gasteiger partial charge >= 0.3 is 0 Å². The molecule has 0 aliphatic heterocycles. The molecule has 1 amide bonds. The van der Waals surface area contributed by atoms with Gasteiger partial charge in [0, 0.05) is 0 Å². The fourth-order valence-corrected chi connectivity index (χ4v) is 1.48. The maximum absolute atomic E-state index is 11.4. The van der Waals surface area contributed by atoms with Gasteiger partial charge in [-0.1, -0.05) is 32.0 Å². The van der Waals surface area contributed by atoms with Crippen molar-refractivity contribution in [2.45, 2.75) is 32.8 Å². The van der Waals surface area contributed by atoms with E-state index in [1.807, 2.05) is 38.1 Å². The molecule has 4 heteroatoms.